The summed E-state index contributed by atoms with van der Waals surface area (Å²) >= 11 is 6.13. The number of halogens is 2. The van der Waals surface area contributed by atoms with Crippen molar-refractivity contribution in [1.82, 2.24) is 9.62 Å². The van der Waals surface area contributed by atoms with Gasteiger partial charge >= 0.3 is 0 Å². The van der Waals surface area contributed by atoms with E-state index in [1.807, 2.05) is 6.92 Å². The highest BCUT2D eigenvalue weighted by Crippen LogP contribution is 2.32. The summed E-state index contributed by atoms with van der Waals surface area (Å²) in [6, 6.07) is 5.12. The number of benzene rings is 1. The molecule has 2 heterocycles. The summed E-state index contributed by atoms with van der Waals surface area (Å²) in [6.07, 6.45) is 0.931. The van der Waals surface area contributed by atoms with Gasteiger partial charge in [0.15, 0.2) is 0 Å². The largest absolute Gasteiger partial charge is 0.316 e. The molecule has 0 spiro atoms. The molecule has 0 amide bonds. The van der Waals surface area contributed by atoms with E-state index in [1.54, 1.807) is 22.5 Å². The van der Waals surface area contributed by atoms with Crippen molar-refractivity contribution in [3.63, 3.8) is 0 Å². The van der Waals surface area contributed by atoms with Crippen LogP contribution < -0.4 is 5.32 Å². The number of sulfonamides is 1. The van der Waals surface area contributed by atoms with Crippen molar-refractivity contribution in [2.24, 2.45) is 11.8 Å². The van der Waals surface area contributed by atoms with Gasteiger partial charge in [-0.3, -0.25) is 0 Å². The maximum atomic E-state index is 12.7. The second kappa shape index (κ2) is 6.42. The molecule has 0 aromatic heterocycles. The van der Waals surface area contributed by atoms with Gasteiger partial charge < -0.3 is 5.32 Å². The molecule has 0 radical (unpaired) electrons. The molecule has 21 heavy (non-hydrogen) atoms. The van der Waals surface area contributed by atoms with E-state index in [9.17, 15) is 8.42 Å². The Kier molecular flexibility index (Phi) is 5.21. The second-order valence-corrected chi connectivity index (χ2v) is 8.08. The van der Waals surface area contributed by atoms with E-state index in [4.69, 9.17) is 11.6 Å². The maximum absolute atomic E-state index is 12.7. The molecule has 4 nitrogen and oxygen atoms in total. The van der Waals surface area contributed by atoms with Crippen LogP contribution in [0.2, 0.25) is 5.02 Å². The van der Waals surface area contributed by atoms with Crippen LogP contribution in [0.15, 0.2) is 23.1 Å². The number of nitrogens with one attached hydrogen (secondary N) is 1. The number of rotatable bonds is 2. The predicted octanol–water partition coefficient (Wildman–Crippen LogP) is 2.30. The van der Waals surface area contributed by atoms with Crippen LogP contribution in [0.1, 0.15) is 12.0 Å². The van der Waals surface area contributed by atoms with Gasteiger partial charge in [0.1, 0.15) is 4.90 Å². The second-order valence-electron chi connectivity index (χ2n) is 5.76. The monoisotopic (exact) mass is 350 g/mol. The fraction of sp³-hybridized carbons (Fsp3) is 0.571. The Morgan fingerprint density at radius 3 is 2.71 bits per heavy atom. The van der Waals surface area contributed by atoms with Gasteiger partial charge in [-0.1, -0.05) is 17.7 Å². The Hall–Kier alpha value is -0.330. The molecule has 0 saturated carbocycles. The third-order valence-electron chi connectivity index (χ3n) is 4.37. The lowest BCUT2D eigenvalue weighted by Gasteiger charge is -2.33. The van der Waals surface area contributed by atoms with Crippen LogP contribution in [0.3, 0.4) is 0 Å². The molecule has 1 aromatic carbocycles. The number of piperidine rings is 1. The highest BCUT2D eigenvalue weighted by molar-refractivity contribution is 7.89. The van der Waals surface area contributed by atoms with Crippen LogP contribution in [0.4, 0.5) is 0 Å². The van der Waals surface area contributed by atoms with E-state index in [0.717, 1.165) is 25.1 Å². The zero-order valence-electron chi connectivity index (χ0n) is 11.9. The van der Waals surface area contributed by atoms with Crippen LogP contribution in [-0.2, 0) is 10.0 Å². The molecule has 1 N–H and O–H groups in total. The van der Waals surface area contributed by atoms with Crippen molar-refractivity contribution in [2.75, 3.05) is 26.2 Å². The first kappa shape index (κ1) is 17.0. The summed E-state index contributed by atoms with van der Waals surface area (Å²) in [7, 11) is -3.47. The predicted molar refractivity (Wildman–Crippen MR) is 86.7 cm³/mol. The number of hydrogen-bond acceptors (Lipinski definition) is 3. The molecule has 118 valence electrons. The highest BCUT2D eigenvalue weighted by Gasteiger charge is 2.38. The van der Waals surface area contributed by atoms with Gasteiger partial charge in [-0.2, -0.15) is 4.31 Å². The summed E-state index contributed by atoms with van der Waals surface area (Å²) in [5.41, 5.74) is 0.965. The summed E-state index contributed by atoms with van der Waals surface area (Å²) in [6.45, 7) is 5.03. The molecular weight excluding hydrogens is 331 g/mol. The minimum atomic E-state index is -3.47. The van der Waals surface area contributed by atoms with Crippen molar-refractivity contribution in [3.8, 4) is 0 Å². The molecule has 2 saturated heterocycles. The SMILES string of the molecule is Cc1ccc(S(=O)(=O)N2CCC3CNCC3C2)c(Cl)c1.Cl. The van der Waals surface area contributed by atoms with Crippen LogP contribution >= 0.6 is 24.0 Å². The topological polar surface area (TPSA) is 49.4 Å². The standard InChI is InChI=1S/C14H19ClN2O2S.ClH/c1-10-2-3-14(13(15)6-10)20(18,19)17-5-4-11-7-16-8-12(11)9-17;/h2-3,6,11-12,16H,4-5,7-9H2,1H3;1H. The van der Waals surface area contributed by atoms with E-state index >= 15 is 0 Å². The Labute approximate surface area is 137 Å². The Bertz CT molecular complexity index is 621. The first-order valence-electron chi connectivity index (χ1n) is 6.95. The molecule has 0 aliphatic carbocycles. The molecule has 2 unspecified atom stereocenters. The molecule has 2 aliphatic rings. The molecule has 0 bridgehead atoms. The molecule has 7 heteroatoms. The third kappa shape index (κ3) is 3.22. The average molecular weight is 351 g/mol. The number of aryl methyl sites for hydroxylation is 1. The molecule has 3 rings (SSSR count). The summed E-state index contributed by atoms with van der Waals surface area (Å²) in [5, 5.41) is 3.66. The minimum Gasteiger partial charge on any atom is -0.316 e. The van der Waals surface area contributed by atoms with E-state index in [1.165, 1.54) is 0 Å². The van der Waals surface area contributed by atoms with E-state index in [-0.39, 0.29) is 17.3 Å². The first-order chi connectivity index (χ1) is 9.48. The summed E-state index contributed by atoms with van der Waals surface area (Å²) < 4.78 is 27.1. The molecule has 2 aliphatic heterocycles. The van der Waals surface area contributed by atoms with Gasteiger partial charge in [0.2, 0.25) is 10.0 Å². The van der Waals surface area contributed by atoms with Gasteiger partial charge in [0.25, 0.3) is 0 Å². The first-order valence-corrected chi connectivity index (χ1v) is 8.77. The molecule has 2 fully saturated rings. The molecular formula is C14H20Cl2N2O2S. The van der Waals surface area contributed by atoms with Gasteiger partial charge in [-0.15, -0.1) is 12.4 Å². The Morgan fingerprint density at radius 2 is 2.00 bits per heavy atom. The van der Waals surface area contributed by atoms with Crippen molar-refractivity contribution in [2.45, 2.75) is 18.2 Å². The lowest BCUT2D eigenvalue weighted by molar-refractivity contribution is 0.228. The smallest absolute Gasteiger partial charge is 0.244 e. The van der Waals surface area contributed by atoms with Crippen LogP contribution in [-0.4, -0.2) is 38.9 Å². The zero-order valence-corrected chi connectivity index (χ0v) is 14.3. The Balaban J connectivity index is 0.00000161. The maximum Gasteiger partial charge on any atom is 0.244 e. The number of fused-ring (bicyclic) bond motifs is 1. The fourth-order valence-corrected chi connectivity index (χ4v) is 5.26. The van der Waals surface area contributed by atoms with Gasteiger partial charge in [0.05, 0.1) is 5.02 Å². The number of hydrogen-bond donors (Lipinski definition) is 1. The highest BCUT2D eigenvalue weighted by atomic mass is 35.5. The van der Waals surface area contributed by atoms with E-state index < -0.39 is 10.0 Å². The average Bonchev–Trinajstić information content (AvgIpc) is 2.85. The van der Waals surface area contributed by atoms with Crippen LogP contribution in [0.5, 0.6) is 0 Å². The Morgan fingerprint density at radius 1 is 1.29 bits per heavy atom. The van der Waals surface area contributed by atoms with Gasteiger partial charge in [-0.05, 0) is 56.0 Å². The van der Waals surface area contributed by atoms with Crippen molar-refractivity contribution < 1.29 is 8.42 Å². The quantitative estimate of drug-likeness (QED) is 0.890. The zero-order chi connectivity index (χ0) is 14.3. The van der Waals surface area contributed by atoms with Crippen molar-refractivity contribution >= 4 is 34.0 Å². The lowest BCUT2D eigenvalue weighted by atomic mass is 9.90. The number of nitrogens with zero attached hydrogens (tertiary/aromatic N) is 1. The minimum absolute atomic E-state index is 0. The van der Waals surface area contributed by atoms with Crippen LogP contribution in [0, 0.1) is 18.8 Å². The van der Waals surface area contributed by atoms with E-state index in [0.29, 0.717) is 29.9 Å². The van der Waals surface area contributed by atoms with Crippen molar-refractivity contribution in [1.29, 1.82) is 0 Å². The molecule has 2 atom stereocenters. The van der Waals surface area contributed by atoms with E-state index in [2.05, 4.69) is 5.32 Å². The summed E-state index contributed by atoms with van der Waals surface area (Å²) in [5.74, 6) is 1.05. The third-order valence-corrected chi connectivity index (χ3v) is 6.72. The summed E-state index contributed by atoms with van der Waals surface area (Å²) in [4.78, 5) is 0.231. The van der Waals surface area contributed by atoms with Crippen molar-refractivity contribution in [3.05, 3.63) is 28.8 Å². The van der Waals surface area contributed by atoms with Crippen LogP contribution in [0.25, 0.3) is 0 Å². The van der Waals surface area contributed by atoms with Gasteiger partial charge in [-0.25, -0.2) is 8.42 Å². The normalized spacial score (nSPS) is 26.2. The fourth-order valence-electron chi connectivity index (χ4n) is 3.17. The lowest BCUT2D eigenvalue weighted by Crippen LogP contribution is -2.43. The van der Waals surface area contributed by atoms with Gasteiger partial charge in [0, 0.05) is 13.1 Å². The molecule has 1 aromatic rings.